The van der Waals surface area contributed by atoms with Gasteiger partial charge in [0.05, 0.1) is 22.3 Å². The summed E-state index contributed by atoms with van der Waals surface area (Å²) in [6, 6.07) is 16.9. The van der Waals surface area contributed by atoms with Gasteiger partial charge in [0, 0.05) is 61.2 Å². The van der Waals surface area contributed by atoms with Crippen LogP contribution in [0, 0.1) is 5.82 Å². The van der Waals surface area contributed by atoms with E-state index in [0.29, 0.717) is 33.8 Å². The first-order valence-corrected chi connectivity index (χ1v) is 13.3. The number of carbonyl (C=O) groups is 1. The first kappa shape index (κ1) is 24.8. The van der Waals surface area contributed by atoms with E-state index in [0.717, 1.165) is 47.9 Å². The van der Waals surface area contributed by atoms with Crippen molar-refractivity contribution in [2.75, 3.05) is 30.4 Å². The lowest BCUT2D eigenvalue weighted by atomic mass is 9.98. The van der Waals surface area contributed by atoms with Crippen molar-refractivity contribution in [1.29, 1.82) is 0 Å². The molecule has 3 N–H and O–H groups in total. The van der Waals surface area contributed by atoms with E-state index in [4.69, 9.17) is 4.98 Å². The number of aromatic amines is 1. The standard InChI is InChI=1S/C31H25FN6O3/c1-33-24-12-20(32)11-21-26-28(37-10-9-18(15-37)17-5-3-2-4-6-17)22(13-35-29(26)36-27(21)24)19-7-8-25-34-14-23(31(40)41)30(39)38(25)16-19/h2-8,11-14,16,18,33H,9-10,15H2,1H3,(H,35,36)(H,40,41). The Bertz CT molecular complexity index is 2050. The van der Waals surface area contributed by atoms with Gasteiger partial charge < -0.3 is 20.3 Å². The van der Waals surface area contributed by atoms with E-state index >= 15 is 0 Å². The van der Waals surface area contributed by atoms with Crippen LogP contribution in [-0.4, -0.2) is 50.6 Å². The number of H-pyrrole nitrogens is 1. The molecule has 5 heterocycles. The van der Waals surface area contributed by atoms with E-state index in [1.165, 1.54) is 22.1 Å². The fourth-order valence-electron chi connectivity index (χ4n) is 5.99. The summed E-state index contributed by atoms with van der Waals surface area (Å²) in [5.41, 5.74) is 4.79. The number of hydrogen-bond acceptors (Lipinski definition) is 6. The fraction of sp³-hybridized carbons (Fsp3) is 0.161. The van der Waals surface area contributed by atoms with Crippen molar-refractivity contribution in [2.24, 2.45) is 0 Å². The molecule has 9 nitrogen and oxygen atoms in total. The number of anilines is 2. The Kier molecular flexibility index (Phi) is 5.70. The summed E-state index contributed by atoms with van der Waals surface area (Å²) >= 11 is 0. The van der Waals surface area contributed by atoms with Gasteiger partial charge in [0.1, 0.15) is 22.7 Å². The van der Waals surface area contributed by atoms with Crippen molar-refractivity contribution in [3.63, 3.8) is 0 Å². The molecule has 1 saturated heterocycles. The van der Waals surface area contributed by atoms with Crippen molar-refractivity contribution in [1.82, 2.24) is 19.4 Å². The molecule has 41 heavy (non-hydrogen) atoms. The zero-order chi connectivity index (χ0) is 28.2. The summed E-state index contributed by atoms with van der Waals surface area (Å²) in [6.45, 7) is 1.51. The lowest BCUT2D eigenvalue weighted by Crippen LogP contribution is -2.23. The summed E-state index contributed by atoms with van der Waals surface area (Å²) in [6.07, 6.45) is 5.36. The maximum atomic E-state index is 14.8. The van der Waals surface area contributed by atoms with Crippen LogP contribution in [-0.2, 0) is 0 Å². The van der Waals surface area contributed by atoms with Crippen molar-refractivity contribution in [3.05, 3.63) is 100 Å². The highest BCUT2D eigenvalue weighted by molar-refractivity contribution is 6.17. The molecule has 0 aliphatic carbocycles. The Balaban J connectivity index is 1.49. The second kappa shape index (κ2) is 9.44. The zero-order valence-electron chi connectivity index (χ0n) is 22.1. The van der Waals surface area contributed by atoms with Crippen molar-refractivity contribution in [2.45, 2.75) is 12.3 Å². The van der Waals surface area contributed by atoms with Gasteiger partial charge in [0.15, 0.2) is 0 Å². The maximum Gasteiger partial charge on any atom is 0.342 e. The number of rotatable bonds is 5. The molecule has 1 aliphatic rings. The van der Waals surface area contributed by atoms with Gasteiger partial charge in [0.25, 0.3) is 5.56 Å². The van der Waals surface area contributed by atoms with Gasteiger partial charge >= 0.3 is 5.97 Å². The van der Waals surface area contributed by atoms with Gasteiger partial charge in [-0.05, 0) is 36.2 Å². The van der Waals surface area contributed by atoms with E-state index < -0.39 is 17.1 Å². The SMILES string of the molecule is CNc1cc(F)cc2c1[nH]c1ncc(-c3ccc4ncc(C(=O)O)c(=O)n4c3)c(N3CCC(c4ccccc4)C3)c12. The molecular formula is C31H25FN6O3. The summed E-state index contributed by atoms with van der Waals surface area (Å²) in [4.78, 5) is 39.2. The molecule has 0 amide bonds. The predicted molar refractivity (Wildman–Crippen MR) is 157 cm³/mol. The summed E-state index contributed by atoms with van der Waals surface area (Å²) < 4.78 is 16.1. The van der Waals surface area contributed by atoms with Gasteiger partial charge in [0.2, 0.25) is 0 Å². The molecule has 1 fully saturated rings. The number of carboxylic acid groups (broad SMARTS) is 1. The van der Waals surface area contributed by atoms with Crippen LogP contribution in [0.4, 0.5) is 15.8 Å². The number of nitrogens with one attached hydrogen (secondary N) is 2. The monoisotopic (exact) mass is 548 g/mol. The minimum atomic E-state index is -1.34. The Morgan fingerprint density at radius 1 is 1.12 bits per heavy atom. The van der Waals surface area contributed by atoms with Gasteiger partial charge in [-0.1, -0.05) is 30.3 Å². The van der Waals surface area contributed by atoms with Crippen LogP contribution in [0.2, 0.25) is 0 Å². The number of pyridine rings is 2. The molecule has 6 aromatic rings. The molecule has 0 saturated carbocycles. The highest BCUT2D eigenvalue weighted by Crippen LogP contribution is 2.44. The maximum absolute atomic E-state index is 14.8. The quantitative estimate of drug-likeness (QED) is 0.269. The molecule has 1 atom stereocenters. The number of aromatic nitrogens is 4. The molecule has 0 radical (unpaired) electrons. The third kappa shape index (κ3) is 3.98. The van der Waals surface area contributed by atoms with Crippen LogP contribution in [0.25, 0.3) is 38.7 Å². The van der Waals surface area contributed by atoms with E-state index in [1.54, 1.807) is 25.5 Å². The largest absolute Gasteiger partial charge is 0.477 e. The van der Waals surface area contributed by atoms with Crippen LogP contribution >= 0.6 is 0 Å². The van der Waals surface area contributed by atoms with E-state index in [1.807, 2.05) is 24.3 Å². The third-order valence-electron chi connectivity index (χ3n) is 7.96. The van der Waals surface area contributed by atoms with Gasteiger partial charge in [-0.3, -0.25) is 9.20 Å². The van der Waals surface area contributed by atoms with Crippen molar-refractivity contribution >= 4 is 44.9 Å². The molecule has 204 valence electrons. The fourth-order valence-corrected chi connectivity index (χ4v) is 5.99. The average molecular weight is 549 g/mol. The smallest absolute Gasteiger partial charge is 0.342 e. The van der Waals surface area contributed by atoms with Crippen LogP contribution in [0.1, 0.15) is 28.3 Å². The average Bonchev–Trinajstić information content (AvgIpc) is 3.62. The first-order chi connectivity index (χ1) is 19.9. The molecule has 10 heteroatoms. The number of carboxylic acids is 1. The molecule has 7 rings (SSSR count). The summed E-state index contributed by atoms with van der Waals surface area (Å²) in [7, 11) is 1.75. The van der Waals surface area contributed by atoms with Crippen LogP contribution < -0.4 is 15.8 Å². The molecule has 0 bridgehead atoms. The summed E-state index contributed by atoms with van der Waals surface area (Å²) in [5, 5.41) is 14.0. The minimum Gasteiger partial charge on any atom is -0.477 e. The summed E-state index contributed by atoms with van der Waals surface area (Å²) in [5.74, 6) is -1.40. The number of fused-ring (bicyclic) bond motifs is 4. The highest BCUT2D eigenvalue weighted by Gasteiger charge is 2.29. The normalized spacial score (nSPS) is 15.3. The molecule has 1 unspecified atom stereocenters. The lowest BCUT2D eigenvalue weighted by Gasteiger charge is -2.24. The Hall–Kier alpha value is -5.25. The van der Waals surface area contributed by atoms with Gasteiger partial charge in [-0.25, -0.2) is 19.2 Å². The molecule has 1 aliphatic heterocycles. The Labute approximate surface area is 232 Å². The number of hydrogen-bond donors (Lipinski definition) is 3. The van der Waals surface area contributed by atoms with Gasteiger partial charge in [-0.2, -0.15) is 0 Å². The minimum absolute atomic E-state index is 0.309. The van der Waals surface area contributed by atoms with Crippen LogP contribution in [0.15, 0.2) is 78.0 Å². The number of aromatic carboxylic acids is 1. The first-order valence-electron chi connectivity index (χ1n) is 13.3. The number of benzene rings is 2. The topological polar surface area (TPSA) is 116 Å². The Morgan fingerprint density at radius 3 is 2.73 bits per heavy atom. The zero-order valence-corrected chi connectivity index (χ0v) is 22.1. The van der Waals surface area contributed by atoms with Crippen LogP contribution in [0.5, 0.6) is 0 Å². The van der Waals surface area contributed by atoms with Crippen molar-refractivity contribution in [3.8, 4) is 11.1 Å². The van der Waals surface area contributed by atoms with E-state index in [-0.39, 0.29) is 5.82 Å². The second-order valence-electron chi connectivity index (χ2n) is 10.3. The third-order valence-corrected chi connectivity index (χ3v) is 7.96. The predicted octanol–water partition coefficient (Wildman–Crippen LogP) is 5.26. The van der Waals surface area contributed by atoms with E-state index in [9.17, 15) is 19.1 Å². The molecule has 2 aromatic carbocycles. The number of halogens is 1. The highest BCUT2D eigenvalue weighted by atomic mass is 19.1. The molecule has 4 aromatic heterocycles. The lowest BCUT2D eigenvalue weighted by molar-refractivity contribution is 0.0694. The van der Waals surface area contributed by atoms with E-state index in [2.05, 4.69) is 32.3 Å². The van der Waals surface area contributed by atoms with Crippen molar-refractivity contribution < 1.29 is 14.3 Å². The molecule has 0 spiro atoms. The Morgan fingerprint density at radius 2 is 1.95 bits per heavy atom. The van der Waals surface area contributed by atoms with Gasteiger partial charge in [-0.15, -0.1) is 0 Å². The second-order valence-corrected chi connectivity index (χ2v) is 10.3. The molecular weight excluding hydrogens is 523 g/mol. The van der Waals surface area contributed by atoms with Crippen LogP contribution in [0.3, 0.4) is 0 Å². The number of nitrogens with zero attached hydrogens (tertiary/aromatic N) is 4.